The second-order valence-corrected chi connectivity index (χ2v) is 7.22. The van der Waals surface area contributed by atoms with Gasteiger partial charge in [-0.25, -0.2) is 5.10 Å². The lowest BCUT2D eigenvalue weighted by Gasteiger charge is -2.28. The standard InChI is InChI=1S/C15H28N4S/c1-11(2)9-18(10-12(3)4)14-16-17-15(20)19(14)13-7-5-6-8-13/h11-13H,5-10H2,1-4H3,(H,17,20). The molecule has 1 saturated carbocycles. The van der Waals surface area contributed by atoms with E-state index in [-0.39, 0.29) is 0 Å². The van der Waals surface area contributed by atoms with Crippen molar-refractivity contribution >= 4 is 18.2 Å². The topological polar surface area (TPSA) is 36.9 Å². The molecule has 20 heavy (non-hydrogen) atoms. The van der Waals surface area contributed by atoms with E-state index in [2.05, 4.69) is 47.4 Å². The molecule has 1 heterocycles. The Labute approximate surface area is 127 Å². The molecule has 0 atom stereocenters. The maximum absolute atomic E-state index is 5.47. The molecule has 1 aromatic rings. The molecule has 0 amide bonds. The number of nitrogens with zero attached hydrogens (tertiary/aromatic N) is 3. The largest absolute Gasteiger partial charge is 0.340 e. The zero-order chi connectivity index (χ0) is 14.7. The van der Waals surface area contributed by atoms with Gasteiger partial charge in [-0.1, -0.05) is 40.5 Å². The maximum Gasteiger partial charge on any atom is 0.225 e. The molecule has 1 N–H and O–H groups in total. The minimum Gasteiger partial charge on any atom is -0.340 e. The van der Waals surface area contributed by atoms with E-state index >= 15 is 0 Å². The van der Waals surface area contributed by atoms with E-state index in [0.717, 1.165) is 23.8 Å². The van der Waals surface area contributed by atoms with Gasteiger partial charge in [-0.05, 0) is 36.9 Å². The molecule has 4 nitrogen and oxygen atoms in total. The third kappa shape index (κ3) is 3.62. The molecule has 0 radical (unpaired) electrons. The van der Waals surface area contributed by atoms with Crippen LogP contribution in [0.5, 0.6) is 0 Å². The number of anilines is 1. The van der Waals surface area contributed by atoms with Crippen molar-refractivity contribution in [2.75, 3.05) is 18.0 Å². The van der Waals surface area contributed by atoms with E-state index in [9.17, 15) is 0 Å². The summed E-state index contributed by atoms with van der Waals surface area (Å²) in [5.41, 5.74) is 0. The lowest BCUT2D eigenvalue weighted by atomic mass is 10.1. The predicted octanol–water partition coefficient (Wildman–Crippen LogP) is 4.17. The van der Waals surface area contributed by atoms with E-state index in [1.807, 2.05) is 0 Å². The van der Waals surface area contributed by atoms with Crippen LogP contribution in [0.1, 0.15) is 59.4 Å². The van der Waals surface area contributed by atoms with E-state index in [1.54, 1.807) is 0 Å². The first kappa shape index (κ1) is 15.5. The second-order valence-electron chi connectivity index (χ2n) is 6.83. The van der Waals surface area contributed by atoms with Crippen molar-refractivity contribution in [3.8, 4) is 0 Å². The van der Waals surface area contributed by atoms with E-state index in [4.69, 9.17) is 12.2 Å². The summed E-state index contributed by atoms with van der Waals surface area (Å²) in [6, 6.07) is 0.540. The molecule has 1 aliphatic carbocycles. The van der Waals surface area contributed by atoms with Crippen molar-refractivity contribution in [2.24, 2.45) is 11.8 Å². The van der Waals surface area contributed by atoms with Gasteiger partial charge in [-0.3, -0.25) is 4.57 Å². The summed E-state index contributed by atoms with van der Waals surface area (Å²) in [4.78, 5) is 2.40. The summed E-state index contributed by atoms with van der Waals surface area (Å²) in [5.74, 6) is 2.29. The lowest BCUT2D eigenvalue weighted by molar-refractivity contribution is 0.484. The quantitative estimate of drug-likeness (QED) is 0.800. The Balaban J connectivity index is 2.29. The van der Waals surface area contributed by atoms with Crippen molar-refractivity contribution in [3.63, 3.8) is 0 Å². The molecular formula is C15H28N4S. The fourth-order valence-corrected chi connectivity index (χ4v) is 3.41. The van der Waals surface area contributed by atoms with Gasteiger partial charge in [0, 0.05) is 19.1 Å². The lowest BCUT2D eigenvalue weighted by Crippen LogP contribution is -2.34. The van der Waals surface area contributed by atoms with Crippen LogP contribution in [-0.2, 0) is 0 Å². The average Bonchev–Trinajstić information content (AvgIpc) is 2.95. The highest BCUT2D eigenvalue weighted by Crippen LogP contribution is 2.33. The Hall–Kier alpha value is -0.840. The number of hydrogen-bond donors (Lipinski definition) is 1. The first-order chi connectivity index (χ1) is 9.49. The second kappa shape index (κ2) is 6.74. The fraction of sp³-hybridized carbons (Fsp3) is 0.867. The minimum absolute atomic E-state index is 0.540. The van der Waals surface area contributed by atoms with Crippen LogP contribution < -0.4 is 4.90 Å². The van der Waals surface area contributed by atoms with Crippen molar-refractivity contribution in [2.45, 2.75) is 59.4 Å². The monoisotopic (exact) mass is 296 g/mol. The molecule has 0 aromatic carbocycles. The van der Waals surface area contributed by atoms with Crippen LogP contribution in [0.4, 0.5) is 5.95 Å². The van der Waals surface area contributed by atoms with Crippen molar-refractivity contribution in [1.29, 1.82) is 0 Å². The molecule has 1 fully saturated rings. The van der Waals surface area contributed by atoms with E-state index in [1.165, 1.54) is 25.7 Å². The van der Waals surface area contributed by atoms with Gasteiger partial charge >= 0.3 is 0 Å². The first-order valence-electron chi connectivity index (χ1n) is 7.91. The van der Waals surface area contributed by atoms with Gasteiger partial charge in [0.15, 0.2) is 4.77 Å². The van der Waals surface area contributed by atoms with Crippen LogP contribution in [0.25, 0.3) is 0 Å². The molecular weight excluding hydrogens is 268 g/mol. The molecule has 1 aromatic heterocycles. The zero-order valence-corrected chi connectivity index (χ0v) is 14.0. The number of nitrogens with one attached hydrogen (secondary N) is 1. The van der Waals surface area contributed by atoms with Gasteiger partial charge in [-0.15, -0.1) is 5.10 Å². The SMILES string of the molecule is CC(C)CN(CC(C)C)c1n[nH]c(=S)n1C1CCCC1. The molecule has 0 aliphatic heterocycles. The van der Waals surface area contributed by atoms with Crippen molar-refractivity contribution in [3.05, 3.63) is 4.77 Å². The highest BCUT2D eigenvalue weighted by atomic mass is 32.1. The number of hydrogen-bond acceptors (Lipinski definition) is 3. The Morgan fingerprint density at radius 1 is 1.20 bits per heavy atom. The first-order valence-corrected chi connectivity index (χ1v) is 8.31. The molecule has 0 saturated heterocycles. The van der Waals surface area contributed by atoms with E-state index < -0.39 is 0 Å². The van der Waals surface area contributed by atoms with Gasteiger partial charge in [0.2, 0.25) is 5.95 Å². The number of aromatic amines is 1. The summed E-state index contributed by atoms with van der Waals surface area (Å²) >= 11 is 5.47. The van der Waals surface area contributed by atoms with Crippen LogP contribution in [0.3, 0.4) is 0 Å². The van der Waals surface area contributed by atoms with Crippen LogP contribution in [0, 0.1) is 16.6 Å². The molecule has 1 aliphatic rings. The number of rotatable bonds is 6. The van der Waals surface area contributed by atoms with Crippen LogP contribution in [0.15, 0.2) is 0 Å². The minimum atomic E-state index is 0.540. The van der Waals surface area contributed by atoms with Crippen LogP contribution in [-0.4, -0.2) is 27.9 Å². The summed E-state index contributed by atoms with van der Waals surface area (Å²) in [5, 5.41) is 7.55. The Kier molecular flexibility index (Phi) is 5.24. The molecule has 2 rings (SSSR count). The van der Waals surface area contributed by atoms with Crippen molar-refractivity contribution < 1.29 is 0 Å². The predicted molar refractivity (Wildman–Crippen MR) is 86.8 cm³/mol. The fourth-order valence-electron chi connectivity index (χ4n) is 3.13. The highest BCUT2D eigenvalue weighted by Gasteiger charge is 2.24. The Morgan fingerprint density at radius 3 is 2.25 bits per heavy atom. The summed E-state index contributed by atoms with van der Waals surface area (Å²) in [6.07, 6.45) is 5.09. The Morgan fingerprint density at radius 2 is 1.75 bits per heavy atom. The normalized spacial score (nSPS) is 16.5. The Bertz CT molecular complexity index is 458. The van der Waals surface area contributed by atoms with Crippen molar-refractivity contribution in [1.82, 2.24) is 14.8 Å². The average molecular weight is 296 g/mol. The summed E-state index contributed by atoms with van der Waals surface area (Å²) in [7, 11) is 0. The van der Waals surface area contributed by atoms with Gasteiger partial charge in [0.05, 0.1) is 0 Å². The van der Waals surface area contributed by atoms with Gasteiger partial charge < -0.3 is 4.90 Å². The van der Waals surface area contributed by atoms with E-state index in [0.29, 0.717) is 17.9 Å². The third-order valence-electron chi connectivity index (χ3n) is 3.83. The highest BCUT2D eigenvalue weighted by molar-refractivity contribution is 7.71. The van der Waals surface area contributed by atoms with Gasteiger partial charge in [-0.2, -0.15) is 0 Å². The summed E-state index contributed by atoms with van der Waals surface area (Å²) < 4.78 is 3.05. The number of aromatic nitrogens is 3. The molecule has 5 heteroatoms. The molecule has 0 spiro atoms. The third-order valence-corrected chi connectivity index (χ3v) is 4.12. The van der Waals surface area contributed by atoms with Crippen LogP contribution >= 0.6 is 12.2 Å². The smallest absolute Gasteiger partial charge is 0.225 e. The molecule has 114 valence electrons. The summed E-state index contributed by atoms with van der Waals surface area (Å²) in [6.45, 7) is 11.1. The maximum atomic E-state index is 5.47. The van der Waals surface area contributed by atoms with Crippen LogP contribution in [0.2, 0.25) is 0 Å². The van der Waals surface area contributed by atoms with Gasteiger partial charge in [0.25, 0.3) is 0 Å². The zero-order valence-electron chi connectivity index (χ0n) is 13.2. The molecule has 0 bridgehead atoms. The molecule has 0 unspecified atom stereocenters. The van der Waals surface area contributed by atoms with Gasteiger partial charge in [0.1, 0.15) is 0 Å². The number of H-pyrrole nitrogens is 1.